The van der Waals surface area contributed by atoms with Crippen LogP contribution in [-0.4, -0.2) is 70.5 Å². The van der Waals surface area contributed by atoms with E-state index in [4.69, 9.17) is 5.73 Å². The third-order valence-electron chi connectivity index (χ3n) is 0. The second kappa shape index (κ2) is 23.9. The first-order valence-corrected chi connectivity index (χ1v) is 1.80. The van der Waals surface area contributed by atoms with Crippen molar-refractivity contribution in [2.24, 2.45) is 5.73 Å². The van der Waals surface area contributed by atoms with Crippen LogP contribution in [0.2, 0.25) is 0 Å². The summed E-state index contributed by atoms with van der Waals surface area (Å²) in [6.07, 6.45) is 0. The summed E-state index contributed by atoms with van der Waals surface area (Å²) in [6, 6.07) is 0. The predicted molar refractivity (Wildman–Crippen MR) is 34.5 cm³/mol. The number of rotatable bonds is 0. The molecule has 0 aromatic heterocycles. The SMILES string of the molecule is NCBr.[Ca+2].[H-].[H-].[PbH2].[Ti]. The molecule has 6 heavy (non-hydrogen) atoms. The van der Waals surface area contributed by atoms with Crippen LogP contribution >= 0.6 is 15.9 Å². The largest absolute Gasteiger partial charge is 0 e. The molecule has 0 aliphatic rings. The Morgan fingerprint density at radius 3 is 1.67 bits per heavy atom. The van der Waals surface area contributed by atoms with Crippen molar-refractivity contribution >= 4 is 81.0 Å². The van der Waals surface area contributed by atoms with E-state index in [1.807, 2.05) is 0 Å². The van der Waals surface area contributed by atoms with Gasteiger partial charge in [0.25, 0.3) is 0 Å². The van der Waals surface area contributed by atoms with Crippen LogP contribution in [0.3, 0.4) is 0 Å². The van der Waals surface area contributed by atoms with Crippen molar-refractivity contribution in [3.05, 3.63) is 0 Å². The van der Waals surface area contributed by atoms with E-state index in [1.165, 1.54) is 0 Å². The Kier molecular flexibility index (Phi) is 90.6. The Bertz CT molecular complexity index is 22.0. The first-order valence-electron chi connectivity index (χ1n) is 0.676. The smallest absolute Gasteiger partial charge is 0 e. The van der Waals surface area contributed by atoms with Crippen LogP contribution in [0.25, 0.3) is 0 Å². The van der Waals surface area contributed by atoms with Crippen LogP contribution in [0.15, 0.2) is 0 Å². The zero-order chi connectivity index (χ0) is 2.71. The van der Waals surface area contributed by atoms with Crippen LogP contribution in [0.5, 0.6) is 0 Å². The second-order valence-electron chi connectivity index (χ2n) is 0.154. The second-order valence-corrected chi connectivity index (χ2v) is 0.802. The number of nitrogens with two attached hydrogens (primary N) is 1. The molecule has 0 atom stereocenters. The van der Waals surface area contributed by atoms with E-state index in [0.717, 1.165) is 0 Å². The molecule has 34 valence electrons. The molecule has 0 saturated heterocycles. The number of hydrogen-bond acceptors (Lipinski definition) is 1. The van der Waals surface area contributed by atoms with Crippen LogP contribution < -0.4 is 5.73 Å². The molecule has 2 N–H and O–H groups in total. The maximum absolute atomic E-state index is 4.76. The van der Waals surface area contributed by atoms with Gasteiger partial charge < -0.3 is 8.59 Å². The summed E-state index contributed by atoms with van der Waals surface area (Å²) >= 11 is 2.92. The molecule has 0 amide bonds. The standard InChI is InChI=1S/CH4BrN.Ca.Pb.Ti.4H/c2-1-3;;;;;;;/h1,3H2;;;;;;;/q;+2;;;;;2*-1. The van der Waals surface area contributed by atoms with Gasteiger partial charge in [0.1, 0.15) is 0 Å². The Hall–Kier alpha value is 3.34. The minimum absolute atomic E-state index is 0. The molecule has 0 heterocycles. The van der Waals surface area contributed by atoms with Crippen LogP contribution in [0.1, 0.15) is 2.85 Å². The van der Waals surface area contributed by atoms with Gasteiger partial charge in [-0.2, -0.15) is 0 Å². The third kappa shape index (κ3) is 26.5. The predicted octanol–water partition coefficient (Wildman–Crippen LogP) is -0.777. The van der Waals surface area contributed by atoms with E-state index in [1.54, 1.807) is 0 Å². The van der Waals surface area contributed by atoms with Gasteiger partial charge >= 0.3 is 65.0 Å². The molecule has 0 rings (SSSR count). The molecule has 0 aliphatic carbocycles. The molecule has 0 aromatic rings. The van der Waals surface area contributed by atoms with Gasteiger partial charge in [0.2, 0.25) is 0 Å². The van der Waals surface area contributed by atoms with Gasteiger partial charge in [0, 0.05) is 27.2 Å². The normalized spacial score (nSPS) is 3.00. The van der Waals surface area contributed by atoms with Crippen molar-refractivity contribution in [2.75, 3.05) is 5.45 Å². The van der Waals surface area contributed by atoms with Gasteiger partial charge in [0.05, 0.1) is 0 Å². The molecule has 0 fully saturated rings. The van der Waals surface area contributed by atoms with E-state index in [2.05, 4.69) is 15.9 Å². The zero-order valence-electron chi connectivity index (χ0n) is 5.58. The first kappa shape index (κ1) is 22.8. The van der Waals surface area contributed by atoms with Crippen LogP contribution in [-0.2, 0) is 21.7 Å². The van der Waals surface area contributed by atoms with E-state index in [0.29, 0.717) is 5.45 Å². The molecular weight excluding hydrogens is 401 g/mol. The molecule has 2 radical (unpaired) electrons. The Balaban J connectivity index is -0.00000000200. The monoisotopic (exact) mass is 409 g/mol. The van der Waals surface area contributed by atoms with Crippen molar-refractivity contribution in [3.63, 3.8) is 0 Å². The van der Waals surface area contributed by atoms with Gasteiger partial charge in [-0.15, -0.1) is 0 Å². The van der Waals surface area contributed by atoms with E-state index >= 15 is 0 Å². The molecule has 0 aromatic carbocycles. The summed E-state index contributed by atoms with van der Waals surface area (Å²) in [6.45, 7) is 0. The Labute approximate surface area is 114 Å². The van der Waals surface area contributed by atoms with Gasteiger partial charge in [-0.05, 0) is 0 Å². The average Bonchev–Trinajstić information content (AvgIpc) is 0.918. The van der Waals surface area contributed by atoms with Gasteiger partial charge in [0.15, 0.2) is 0 Å². The van der Waals surface area contributed by atoms with E-state index in [9.17, 15) is 0 Å². The summed E-state index contributed by atoms with van der Waals surface area (Å²) in [7, 11) is 0. The van der Waals surface area contributed by atoms with Crippen LogP contribution in [0, 0.1) is 0 Å². The third-order valence-corrected chi connectivity index (χ3v) is 0. The summed E-state index contributed by atoms with van der Waals surface area (Å²) in [5.74, 6) is 0. The summed E-state index contributed by atoms with van der Waals surface area (Å²) in [5.41, 5.74) is 5.33. The molecule has 5 heteroatoms. The molecule has 0 saturated carbocycles. The van der Waals surface area contributed by atoms with Crippen molar-refractivity contribution in [1.29, 1.82) is 0 Å². The van der Waals surface area contributed by atoms with Crippen molar-refractivity contribution in [2.45, 2.75) is 0 Å². The molecular formula is CH8BrCaNPbTi. The van der Waals surface area contributed by atoms with Crippen molar-refractivity contribution < 1.29 is 24.6 Å². The van der Waals surface area contributed by atoms with Gasteiger partial charge in [-0.1, -0.05) is 15.9 Å². The fourth-order valence-corrected chi connectivity index (χ4v) is 0. The summed E-state index contributed by atoms with van der Waals surface area (Å²) < 4.78 is 0. The molecule has 0 aliphatic heterocycles. The average molecular weight is 409 g/mol. The first-order chi connectivity index (χ1) is 1.41. The minimum Gasteiger partial charge on any atom is 0 e. The molecule has 0 spiro atoms. The number of hydrogen-bond donors (Lipinski definition) is 1. The van der Waals surface area contributed by atoms with Crippen molar-refractivity contribution in [3.8, 4) is 0 Å². The zero-order valence-corrected chi connectivity index (χ0v) is 14.4. The maximum atomic E-state index is 4.76. The maximum Gasteiger partial charge on any atom is 0 e. The summed E-state index contributed by atoms with van der Waals surface area (Å²) in [4.78, 5) is 0. The van der Waals surface area contributed by atoms with Crippen LogP contribution in [0.4, 0.5) is 0 Å². The van der Waals surface area contributed by atoms with Gasteiger partial charge in [-0.3, -0.25) is 0 Å². The molecule has 1 nitrogen and oxygen atoms in total. The molecule has 0 unspecified atom stereocenters. The van der Waals surface area contributed by atoms with Gasteiger partial charge in [-0.25, -0.2) is 0 Å². The van der Waals surface area contributed by atoms with E-state index < -0.39 is 0 Å². The molecule has 0 bridgehead atoms. The topological polar surface area (TPSA) is 26.0 Å². The fourth-order valence-electron chi connectivity index (χ4n) is 0. The van der Waals surface area contributed by atoms with Crippen molar-refractivity contribution in [1.82, 2.24) is 0 Å². The number of alkyl halides is 1. The minimum atomic E-state index is 0. The summed E-state index contributed by atoms with van der Waals surface area (Å²) in [5, 5.41) is 0. The van der Waals surface area contributed by atoms with E-state index in [-0.39, 0.29) is 89.6 Å². The number of halogens is 1. The quantitative estimate of drug-likeness (QED) is 0.318. The Morgan fingerprint density at radius 1 is 1.67 bits per heavy atom. The Morgan fingerprint density at radius 2 is 1.67 bits per heavy atom. The fraction of sp³-hybridized carbons (Fsp3) is 1.00.